The van der Waals surface area contributed by atoms with Crippen molar-refractivity contribution in [2.24, 2.45) is 0 Å². The minimum atomic E-state index is 0.0838. The Bertz CT molecular complexity index is 327. The molecule has 16 heavy (non-hydrogen) atoms. The highest BCUT2D eigenvalue weighted by atomic mass is 16.5. The van der Waals surface area contributed by atoms with E-state index in [9.17, 15) is 0 Å². The fourth-order valence-electron chi connectivity index (χ4n) is 1.54. The van der Waals surface area contributed by atoms with Crippen LogP contribution in [-0.2, 0) is 4.74 Å². The maximum Gasteiger partial charge on any atom is 0.257 e. The number of rotatable bonds is 4. The third-order valence-electron chi connectivity index (χ3n) is 2.37. The number of pyridine rings is 1. The maximum absolute atomic E-state index is 5.57. The van der Waals surface area contributed by atoms with Crippen molar-refractivity contribution in [3.63, 3.8) is 0 Å². The number of hydrogen-bond acceptors (Lipinski definition) is 5. The van der Waals surface area contributed by atoms with Gasteiger partial charge in [-0.15, -0.1) is 0 Å². The smallest absolute Gasteiger partial charge is 0.257 e. The van der Waals surface area contributed by atoms with Crippen molar-refractivity contribution in [1.82, 2.24) is 10.3 Å². The van der Waals surface area contributed by atoms with Crippen LogP contribution in [0.1, 0.15) is 0 Å². The zero-order chi connectivity index (χ0) is 11.2. The summed E-state index contributed by atoms with van der Waals surface area (Å²) in [6.07, 6.45) is 1.76. The van der Waals surface area contributed by atoms with Crippen molar-refractivity contribution >= 4 is 0 Å². The fraction of sp³-hybridized carbons (Fsp3) is 0.545. The molecule has 1 N–H and O–H groups in total. The lowest BCUT2D eigenvalue weighted by Gasteiger charge is -2.23. The van der Waals surface area contributed by atoms with Gasteiger partial charge < -0.3 is 19.5 Å². The summed E-state index contributed by atoms with van der Waals surface area (Å²) in [5, 5.41) is 3.24. The van der Waals surface area contributed by atoms with Gasteiger partial charge in [-0.2, -0.15) is 0 Å². The number of aromatic nitrogens is 1. The van der Waals surface area contributed by atoms with Gasteiger partial charge in [-0.3, -0.25) is 0 Å². The first-order valence-corrected chi connectivity index (χ1v) is 5.34. The van der Waals surface area contributed by atoms with Crippen LogP contribution >= 0.6 is 0 Å². The first-order chi connectivity index (χ1) is 7.90. The molecule has 5 heteroatoms. The van der Waals surface area contributed by atoms with Gasteiger partial charge in [0.15, 0.2) is 5.75 Å². The Morgan fingerprint density at radius 1 is 1.62 bits per heavy atom. The normalized spacial score (nSPS) is 20.4. The van der Waals surface area contributed by atoms with Crippen LogP contribution in [0.5, 0.6) is 11.6 Å². The summed E-state index contributed by atoms with van der Waals surface area (Å²) in [6.45, 7) is 2.94. The molecule has 1 atom stereocenters. The molecule has 2 heterocycles. The molecular weight excluding hydrogens is 208 g/mol. The van der Waals surface area contributed by atoms with Crippen LogP contribution in [-0.4, -0.2) is 44.5 Å². The monoisotopic (exact) mass is 224 g/mol. The van der Waals surface area contributed by atoms with Gasteiger partial charge in [0.05, 0.1) is 13.7 Å². The summed E-state index contributed by atoms with van der Waals surface area (Å²) in [6, 6.07) is 3.63. The zero-order valence-corrected chi connectivity index (χ0v) is 9.31. The van der Waals surface area contributed by atoms with Crippen molar-refractivity contribution in [3.8, 4) is 11.6 Å². The van der Waals surface area contributed by atoms with E-state index in [2.05, 4.69) is 10.3 Å². The van der Waals surface area contributed by atoms with E-state index in [1.807, 2.05) is 12.1 Å². The summed E-state index contributed by atoms with van der Waals surface area (Å²) in [4.78, 5) is 4.11. The molecule has 5 nitrogen and oxygen atoms in total. The lowest BCUT2D eigenvalue weighted by Crippen LogP contribution is -2.41. The van der Waals surface area contributed by atoms with E-state index in [0.29, 0.717) is 18.2 Å². The fourth-order valence-corrected chi connectivity index (χ4v) is 1.54. The molecule has 0 amide bonds. The minimum Gasteiger partial charge on any atom is -0.491 e. The van der Waals surface area contributed by atoms with Gasteiger partial charge in [-0.1, -0.05) is 0 Å². The topological polar surface area (TPSA) is 52.6 Å². The van der Waals surface area contributed by atoms with E-state index in [1.54, 1.807) is 13.3 Å². The predicted molar refractivity (Wildman–Crippen MR) is 58.9 cm³/mol. The van der Waals surface area contributed by atoms with Crippen molar-refractivity contribution in [2.45, 2.75) is 6.10 Å². The van der Waals surface area contributed by atoms with Crippen molar-refractivity contribution in [2.75, 3.05) is 33.4 Å². The van der Waals surface area contributed by atoms with Crippen molar-refractivity contribution in [1.29, 1.82) is 0 Å². The summed E-state index contributed by atoms with van der Waals surface area (Å²) < 4.78 is 16.2. The molecule has 1 saturated heterocycles. The second kappa shape index (κ2) is 5.67. The Morgan fingerprint density at radius 2 is 2.56 bits per heavy atom. The van der Waals surface area contributed by atoms with Crippen molar-refractivity contribution in [3.05, 3.63) is 18.3 Å². The average Bonchev–Trinajstić information content (AvgIpc) is 2.38. The maximum atomic E-state index is 5.57. The van der Waals surface area contributed by atoms with Crippen LogP contribution in [0.15, 0.2) is 18.3 Å². The van der Waals surface area contributed by atoms with Gasteiger partial charge in [0, 0.05) is 19.3 Å². The quantitative estimate of drug-likeness (QED) is 0.805. The minimum absolute atomic E-state index is 0.0838. The zero-order valence-electron chi connectivity index (χ0n) is 9.31. The van der Waals surface area contributed by atoms with Gasteiger partial charge in [0.25, 0.3) is 5.88 Å². The number of morpholine rings is 1. The Labute approximate surface area is 94.7 Å². The molecule has 1 unspecified atom stereocenters. The number of nitrogens with one attached hydrogen (secondary N) is 1. The van der Waals surface area contributed by atoms with E-state index < -0.39 is 0 Å². The van der Waals surface area contributed by atoms with Gasteiger partial charge in [-0.25, -0.2) is 4.98 Å². The second-order valence-corrected chi connectivity index (χ2v) is 3.52. The Balaban J connectivity index is 1.88. The Kier molecular flexibility index (Phi) is 3.96. The average molecular weight is 224 g/mol. The SMILES string of the molecule is COc1cccnc1OCC1CNCCO1. The highest BCUT2D eigenvalue weighted by molar-refractivity contribution is 5.32. The molecule has 0 aliphatic carbocycles. The van der Waals surface area contributed by atoms with Crippen LogP contribution in [0.25, 0.3) is 0 Å². The molecule has 1 aliphatic heterocycles. The molecule has 0 bridgehead atoms. The molecule has 1 aromatic heterocycles. The number of hydrogen-bond donors (Lipinski definition) is 1. The molecule has 0 radical (unpaired) electrons. The predicted octanol–water partition coefficient (Wildman–Crippen LogP) is 0.457. The third kappa shape index (κ3) is 2.84. The molecule has 88 valence electrons. The summed E-state index contributed by atoms with van der Waals surface area (Å²) in [5.74, 6) is 1.16. The first kappa shape index (κ1) is 11.2. The summed E-state index contributed by atoms with van der Waals surface area (Å²) in [5.41, 5.74) is 0. The highest BCUT2D eigenvalue weighted by Gasteiger charge is 2.15. The number of ether oxygens (including phenoxy) is 3. The van der Waals surface area contributed by atoms with Gasteiger partial charge in [-0.05, 0) is 12.1 Å². The van der Waals surface area contributed by atoms with E-state index in [1.165, 1.54) is 0 Å². The molecule has 1 aromatic rings. The largest absolute Gasteiger partial charge is 0.491 e. The van der Waals surface area contributed by atoms with Gasteiger partial charge in [0.2, 0.25) is 0 Å². The van der Waals surface area contributed by atoms with E-state index in [0.717, 1.165) is 19.7 Å². The van der Waals surface area contributed by atoms with Crippen LogP contribution in [0, 0.1) is 0 Å². The van der Waals surface area contributed by atoms with Crippen LogP contribution < -0.4 is 14.8 Å². The molecule has 0 aromatic carbocycles. The molecule has 0 spiro atoms. The summed E-state index contributed by atoms with van der Waals surface area (Å²) in [7, 11) is 1.60. The first-order valence-electron chi connectivity index (χ1n) is 5.34. The van der Waals surface area contributed by atoms with Crippen LogP contribution in [0.4, 0.5) is 0 Å². The molecule has 2 rings (SSSR count). The molecule has 1 aliphatic rings. The van der Waals surface area contributed by atoms with Gasteiger partial charge >= 0.3 is 0 Å². The van der Waals surface area contributed by atoms with E-state index in [-0.39, 0.29) is 6.10 Å². The third-order valence-corrected chi connectivity index (χ3v) is 2.37. The van der Waals surface area contributed by atoms with Crippen LogP contribution in [0.3, 0.4) is 0 Å². The van der Waals surface area contributed by atoms with Gasteiger partial charge in [0.1, 0.15) is 12.7 Å². The molecule has 0 saturated carbocycles. The summed E-state index contributed by atoms with van der Waals surface area (Å²) >= 11 is 0. The Hall–Kier alpha value is -1.33. The highest BCUT2D eigenvalue weighted by Crippen LogP contribution is 2.22. The lowest BCUT2D eigenvalue weighted by molar-refractivity contribution is -0.00125. The molecule has 1 fully saturated rings. The second-order valence-electron chi connectivity index (χ2n) is 3.52. The van der Waals surface area contributed by atoms with E-state index >= 15 is 0 Å². The number of methoxy groups -OCH3 is 1. The molecular formula is C11H16N2O3. The standard InChI is InChI=1S/C11H16N2O3/c1-14-10-3-2-4-13-11(10)16-8-9-7-12-5-6-15-9/h2-4,9,12H,5-8H2,1H3. The van der Waals surface area contributed by atoms with Crippen LogP contribution in [0.2, 0.25) is 0 Å². The Morgan fingerprint density at radius 3 is 3.31 bits per heavy atom. The van der Waals surface area contributed by atoms with E-state index in [4.69, 9.17) is 14.2 Å². The number of nitrogens with zero attached hydrogens (tertiary/aromatic N) is 1. The van der Waals surface area contributed by atoms with Crippen molar-refractivity contribution < 1.29 is 14.2 Å². The lowest BCUT2D eigenvalue weighted by atomic mass is 10.3.